The number of furan rings is 1. The molecule has 8 nitrogen and oxygen atoms in total. The summed E-state index contributed by atoms with van der Waals surface area (Å²) in [5.74, 6) is 0.982. The van der Waals surface area contributed by atoms with Crippen LogP contribution < -0.4 is 5.32 Å². The van der Waals surface area contributed by atoms with Gasteiger partial charge in [-0.2, -0.15) is 0 Å². The molecule has 0 aliphatic carbocycles. The van der Waals surface area contributed by atoms with Crippen LogP contribution in [-0.4, -0.2) is 39.5 Å². The molecule has 3 rings (SSSR count). The number of carbonyl (C=O) groups is 2. The van der Waals surface area contributed by atoms with Crippen LogP contribution in [0.25, 0.3) is 11.4 Å². The maximum atomic E-state index is 12.5. The summed E-state index contributed by atoms with van der Waals surface area (Å²) in [6.45, 7) is 6.39. The quantitative estimate of drug-likeness (QED) is 0.465. The molecule has 2 heterocycles. The molecule has 2 aromatic heterocycles. The summed E-state index contributed by atoms with van der Waals surface area (Å²) in [4.78, 5) is 24.2. The Labute approximate surface area is 172 Å². The molecule has 0 aliphatic heterocycles. The number of aryl methyl sites for hydroxylation is 2. The number of hydrogen-bond donors (Lipinski definition) is 1. The minimum absolute atomic E-state index is 0.157. The number of benzene rings is 1. The Morgan fingerprint density at radius 2 is 2.03 bits per heavy atom. The second kappa shape index (κ2) is 8.95. The molecule has 0 saturated carbocycles. The number of methoxy groups -OCH3 is 1. The zero-order valence-electron chi connectivity index (χ0n) is 16.7. The summed E-state index contributed by atoms with van der Waals surface area (Å²) in [6.07, 6.45) is 1.62. The van der Waals surface area contributed by atoms with Crippen molar-refractivity contribution in [2.75, 3.05) is 18.2 Å². The number of nitrogens with one attached hydrogen (secondary N) is 1. The second-order valence-electron chi connectivity index (χ2n) is 6.30. The summed E-state index contributed by atoms with van der Waals surface area (Å²) in [5, 5.41) is 12.0. The molecule has 152 valence electrons. The van der Waals surface area contributed by atoms with Gasteiger partial charge >= 0.3 is 5.97 Å². The first kappa shape index (κ1) is 20.7. The average Bonchev–Trinajstić information content (AvgIpc) is 3.32. The maximum absolute atomic E-state index is 12.5. The van der Waals surface area contributed by atoms with E-state index in [0.29, 0.717) is 28.8 Å². The molecule has 0 saturated heterocycles. The second-order valence-corrected chi connectivity index (χ2v) is 7.24. The van der Waals surface area contributed by atoms with Crippen molar-refractivity contribution in [2.45, 2.75) is 32.5 Å². The van der Waals surface area contributed by atoms with Crippen LogP contribution in [0.3, 0.4) is 0 Å². The van der Waals surface area contributed by atoms with Gasteiger partial charge in [0, 0.05) is 12.2 Å². The van der Waals surface area contributed by atoms with E-state index in [1.54, 1.807) is 24.5 Å². The van der Waals surface area contributed by atoms with Gasteiger partial charge in [-0.15, -0.1) is 10.2 Å². The third kappa shape index (κ3) is 4.51. The third-order valence-electron chi connectivity index (χ3n) is 4.40. The lowest BCUT2D eigenvalue weighted by Crippen LogP contribution is -2.16. The fraction of sp³-hybridized carbons (Fsp3) is 0.300. The molecule has 29 heavy (non-hydrogen) atoms. The highest BCUT2D eigenvalue weighted by molar-refractivity contribution is 7.99. The predicted octanol–water partition coefficient (Wildman–Crippen LogP) is 3.69. The number of anilines is 1. The molecule has 1 aromatic carbocycles. The van der Waals surface area contributed by atoms with E-state index in [-0.39, 0.29) is 11.7 Å². The Morgan fingerprint density at radius 3 is 2.69 bits per heavy atom. The Kier molecular flexibility index (Phi) is 6.38. The zero-order valence-corrected chi connectivity index (χ0v) is 17.5. The van der Waals surface area contributed by atoms with Gasteiger partial charge in [-0.3, -0.25) is 4.79 Å². The van der Waals surface area contributed by atoms with Crippen molar-refractivity contribution < 1.29 is 18.7 Å². The van der Waals surface area contributed by atoms with Crippen LogP contribution >= 0.6 is 11.8 Å². The lowest BCUT2D eigenvalue weighted by molar-refractivity contribution is -0.113. The average molecular weight is 414 g/mol. The lowest BCUT2D eigenvalue weighted by Gasteiger charge is -2.10. The Morgan fingerprint density at radius 1 is 1.24 bits per heavy atom. The highest BCUT2D eigenvalue weighted by Crippen LogP contribution is 2.27. The van der Waals surface area contributed by atoms with E-state index in [1.807, 2.05) is 31.4 Å². The van der Waals surface area contributed by atoms with E-state index < -0.39 is 5.97 Å². The van der Waals surface area contributed by atoms with Crippen molar-refractivity contribution in [1.29, 1.82) is 0 Å². The van der Waals surface area contributed by atoms with Gasteiger partial charge in [0.2, 0.25) is 5.91 Å². The first-order chi connectivity index (χ1) is 13.9. The van der Waals surface area contributed by atoms with Crippen LogP contribution in [0.5, 0.6) is 0 Å². The molecule has 1 amide bonds. The zero-order chi connectivity index (χ0) is 21.0. The Hall–Kier alpha value is -3.07. The number of hydrogen-bond acceptors (Lipinski definition) is 7. The predicted molar refractivity (Wildman–Crippen MR) is 110 cm³/mol. The molecule has 0 bridgehead atoms. The van der Waals surface area contributed by atoms with Crippen LogP contribution in [0.4, 0.5) is 5.69 Å². The molecular weight excluding hydrogens is 392 g/mol. The number of aromatic nitrogens is 3. The summed E-state index contributed by atoms with van der Waals surface area (Å²) < 4.78 is 12.0. The molecule has 3 aromatic rings. The van der Waals surface area contributed by atoms with Gasteiger partial charge in [0.25, 0.3) is 0 Å². The maximum Gasteiger partial charge on any atom is 0.337 e. The van der Waals surface area contributed by atoms with Crippen LogP contribution in [-0.2, 0) is 16.1 Å². The highest BCUT2D eigenvalue weighted by Gasteiger charge is 2.18. The minimum atomic E-state index is -0.451. The fourth-order valence-electron chi connectivity index (χ4n) is 2.81. The van der Waals surface area contributed by atoms with Crippen LogP contribution in [0, 0.1) is 13.8 Å². The number of thioether (sulfide) groups is 1. The largest absolute Gasteiger partial charge is 0.469 e. The normalized spacial score (nSPS) is 10.8. The topological polar surface area (TPSA) is 99.2 Å². The smallest absolute Gasteiger partial charge is 0.337 e. The van der Waals surface area contributed by atoms with Crippen molar-refractivity contribution in [3.05, 3.63) is 47.4 Å². The number of amides is 1. The first-order valence-electron chi connectivity index (χ1n) is 9.03. The monoisotopic (exact) mass is 414 g/mol. The van der Waals surface area contributed by atoms with Crippen LogP contribution in [0.15, 0.2) is 40.1 Å². The highest BCUT2D eigenvalue weighted by atomic mass is 32.2. The minimum Gasteiger partial charge on any atom is -0.469 e. The Bertz CT molecular complexity index is 1040. The molecule has 0 unspecified atom stereocenters. The summed E-state index contributed by atoms with van der Waals surface area (Å²) in [5.41, 5.74) is 2.69. The van der Waals surface area contributed by atoms with Crippen molar-refractivity contribution in [2.24, 2.45) is 0 Å². The van der Waals surface area contributed by atoms with Crippen LogP contribution in [0.1, 0.15) is 28.6 Å². The molecular formula is C20H22N4O4S. The van der Waals surface area contributed by atoms with Gasteiger partial charge in [0.15, 0.2) is 11.0 Å². The van der Waals surface area contributed by atoms with Gasteiger partial charge in [0.05, 0.1) is 30.3 Å². The van der Waals surface area contributed by atoms with E-state index in [4.69, 9.17) is 9.15 Å². The van der Waals surface area contributed by atoms with Crippen molar-refractivity contribution in [3.63, 3.8) is 0 Å². The van der Waals surface area contributed by atoms with E-state index in [1.165, 1.54) is 18.9 Å². The first-order valence-corrected chi connectivity index (χ1v) is 10.0. The molecule has 0 atom stereocenters. The summed E-state index contributed by atoms with van der Waals surface area (Å²) in [7, 11) is 1.32. The molecule has 0 fully saturated rings. The summed E-state index contributed by atoms with van der Waals surface area (Å²) in [6, 6.07) is 6.89. The third-order valence-corrected chi connectivity index (χ3v) is 5.36. The molecule has 9 heteroatoms. The van der Waals surface area contributed by atoms with E-state index >= 15 is 0 Å². The number of nitrogens with zero attached hydrogens (tertiary/aromatic N) is 3. The van der Waals surface area contributed by atoms with E-state index in [9.17, 15) is 9.59 Å². The number of esters is 1. The van der Waals surface area contributed by atoms with Gasteiger partial charge in [-0.1, -0.05) is 17.8 Å². The van der Waals surface area contributed by atoms with Crippen molar-refractivity contribution in [3.8, 4) is 11.4 Å². The standard InChI is InChI=1S/C20H22N4O4S/c1-5-24-18(15-8-9-28-13(15)3)22-23-20(24)29-11-17(25)21-16-10-14(19(26)27-4)7-6-12(16)2/h6-10H,5,11H2,1-4H3,(H,21,25). The van der Waals surface area contributed by atoms with Gasteiger partial charge in [0.1, 0.15) is 5.76 Å². The number of rotatable bonds is 7. The molecule has 0 spiro atoms. The SMILES string of the molecule is CCn1c(SCC(=O)Nc2cc(C(=O)OC)ccc2C)nnc1-c1ccoc1C. The van der Waals surface area contributed by atoms with Gasteiger partial charge in [-0.05, 0) is 44.5 Å². The van der Waals surface area contributed by atoms with Crippen molar-refractivity contribution >= 4 is 29.3 Å². The van der Waals surface area contributed by atoms with Crippen molar-refractivity contribution in [1.82, 2.24) is 14.8 Å². The van der Waals surface area contributed by atoms with E-state index in [0.717, 1.165) is 16.9 Å². The number of ether oxygens (including phenoxy) is 1. The van der Waals surface area contributed by atoms with Gasteiger partial charge in [-0.25, -0.2) is 4.79 Å². The van der Waals surface area contributed by atoms with E-state index in [2.05, 4.69) is 15.5 Å². The summed E-state index contributed by atoms with van der Waals surface area (Å²) >= 11 is 1.30. The molecule has 1 N–H and O–H groups in total. The van der Waals surface area contributed by atoms with Crippen LogP contribution in [0.2, 0.25) is 0 Å². The number of carbonyl (C=O) groups excluding carboxylic acids is 2. The molecule has 0 aliphatic rings. The van der Waals surface area contributed by atoms with Gasteiger partial charge < -0.3 is 19.0 Å². The molecule has 0 radical (unpaired) electrons. The fourth-order valence-corrected chi connectivity index (χ4v) is 3.62. The Balaban J connectivity index is 1.70. The lowest BCUT2D eigenvalue weighted by atomic mass is 10.1.